The lowest BCUT2D eigenvalue weighted by Crippen LogP contribution is -2.43. The molecule has 1 aromatic carbocycles. The van der Waals surface area contributed by atoms with Gasteiger partial charge in [-0.05, 0) is 31.7 Å². The molecule has 2 aliphatic rings. The van der Waals surface area contributed by atoms with Gasteiger partial charge in [-0.1, -0.05) is 18.2 Å². The number of aromatic nitrogens is 2. The number of benzene rings is 1. The van der Waals surface area contributed by atoms with E-state index in [-0.39, 0.29) is 5.56 Å². The minimum Gasteiger partial charge on any atom is -0.365 e. The van der Waals surface area contributed by atoms with Crippen molar-refractivity contribution in [2.45, 2.75) is 43.8 Å². The Balaban J connectivity index is 1.66. The molecule has 0 saturated carbocycles. The van der Waals surface area contributed by atoms with Crippen LogP contribution in [0.25, 0.3) is 10.8 Å². The molecule has 4 rings (SSSR count). The zero-order chi connectivity index (χ0) is 13.5. The van der Waals surface area contributed by atoms with Crippen LogP contribution in [0.1, 0.15) is 25.7 Å². The topological polar surface area (TPSA) is 69.8 Å². The average Bonchev–Trinajstić information content (AvgIpc) is 2.81. The Morgan fingerprint density at radius 1 is 1.10 bits per heavy atom. The van der Waals surface area contributed by atoms with Gasteiger partial charge in [0.2, 0.25) is 0 Å². The van der Waals surface area contributed by atoms with Gasteiger partial charge in [0.1, 0.15) is 0 Å². The van der Waals surface area contributed by atoms with Crippen LogP contribution in [-0.2, 0) is 0 Å². The summed E-state index contributed by atoms with van der Waals surface area (Å²) in [5.74, 6) is 0.798. The number of fused-ring (bicyclic) bond motifs is 3. The lowest BCUT2D eigenvalue weighted by atomic mass is 9.99. The molecule has 1 aromatic heterocycles. The molecule has 0 radical (unpaired) electrons. The molecular formula is C15H18N4O. The molecule has 0 amide bonds. The molecule has 3 N–H and O–H groups in total. The molecular weight excluding hydrogens is 252 g/mol. The maximum absolute atomic E-state index is 11.8. The molecule has 3 heterocycles. The standard InChI is InChI=1S/C15H18N4O/c20-15-13-4-2-1-3-12(13)14(18-19-15)17-11-7-9-5-6-10(8-11)16-9/h1-4,9-11,16H,5-8H2,(H,17,18)(H,19,20)/t9-,10+,11-. The molecule has 2 bridgehead atoms. The zero-order valence-electron chi connectivity index (χ0n) is 11.2. The highest BCUT2D eigenvalue weighted by atomic mass is 16.1. The monoisotopic (exact) mass is 270 g/mol. The van der Waals surface area contributed by atoms with Crippen LogP contribution in [0.3, 0.4) is 0 Å². The van der Waals surface area contributed by atoms with Gasteiger partial charge in [0.05, 0.1) is 5.39 Å². The number of aromatic amines is 1. The third-order valence-corrected chi connectivity index (χ3v) is 4.51. The van der Waals surface area contributed by atoms with E-state index in [1.54, 1.807) is 0 Å². The van der Waals surface area contributed by atoms with E-state index in [9.17, 15) is 4.79 Å². The normalized spacial score (nSPS) is 28.7. The summed E-state index contributed by atoms with van der Waals surface area (Å²) in [7, 11) is 0. The van der Waals surface area contributed by atoms with E-state index in [4.69, 9.17) is 0 Å². The van der Waals surface area contributed by atoms with Gasteiger partial charge in [-0.2, -0.15) is 5.10 Å². The Morgan fingerprint density at radius 2 is 1.80 bits per heavy atom. The Kier molecular flexibility index (Phi) is 2.73. The van der Waals surface area contributed by atoms with Crippen LogP contribution in [0, 0.1) is 0 Å². The van der Waals surface area contributed by atoms with E-state index < -0.39 is 0 Å². The van der Waals surface area contributed by atoms with Crippen LogP contribution in [0.2, 0.25) is 0 Å². The fourth-order valence-corrected chi connectivity index (χ4v) is 3.59. The summed E-state index contributed by atoms with van der Waals surface area (Å²) in [6.07, 6.45) is 4.82. The van der Waals surface area contributed by atoms with Gasteiger partial charge in [-0.25, -0.2) is 5.10 Å². The number of piperidine rings is 1. The second-order valence-electron chi connectivity index (χ2n) is 5.90. The molecule has 2 saturated heterocycles. The van der Waals surface area contributed by atoms with Crippen LogP contribution in [0.4, 0.5) is 5.82 Å². The highest BCUT2D eigenvalue weighted by Crippen LogP contribution is 2.29. The summed E-state index contributed by atoms with van der Waals surface area (Å²) in [4.78, 5) is 11.8. The number of hydrogen-bond acceptors (Lipinski definition) is 4. The molecule has 5 heteroatoms. The van der Waals surface area contributed by atoms with E-state index in [0.29, 0.717) is 23.5 Å². The number of H-pyrrole nitrogens is 1. The van der Waals surface area contributed by atoms with Crippen molar-refractivity contribution in [1.29, 1.82) is 0 Å². The summed E-state index contributed by atoms with van der Waals surface area (Å²) in [5, 5.41) is 15.6. The first-order valence-corrected chi connectivity index (χ1v) is 7.29. The molecule has 0 unspecified atom stereocenters. The highest BCUT2D eigenvalue weighted by Gasteiger charge is 2.33. The number of nitrogens with zero attached hydrogens (tertiary/aromatic N) is 1. The van der Waals surface area contributed by atoms with E-state index in [0.717, 1.165) is 24.0 Å². The van der Waals surface area contributed by atoms with Crippen molar-refractivity contribution in [3.63, 3.8) is 0 Å². The Morgan fingerprint density at radius 3 is 2.55 bits per heavy atom. The molecule has 2 fully saturated rings. The summed E-state index contributed by atoms with van der Waals surface area (Å²) >= 11 is 0. The highest BCUT2D eigenvalue weighted by molar-refractivity contribution is 5.90. The predicted molar refractivity (Wildman–Crippen MR) is 79.0 cm³/mol. The van der Waals surface area contributed by atoms with E-state index in [1.165, 1.54) is 12.8 Å². The minimum absolute atomic E-state index is 0.128. The summed E-state index contributed by atoms with van der Waals surface area (Å²) < 4.78 is 0. The zero-order valence-corrected chi connectivity index (χ0v) is 11.2. The second kappa shape index (κ2) is 4.59. The SMILES string of the molecule is O=c1[nH]nc(N[C@@H]2C[C@H]3CC[C@@H](C2)N3)c2ccccc12. The van der Waals surface area contributed by atoms with E-state index in [2.05, 4.69) is 20.8 Å². The minimum atomic E-state index is -0.128. The van der Waals surface area contributed by atoms with Gasteiger partial charge < -0.3 is 10.6 Å². The summed E-state index contributed by atoms with van der Waals surface area (Å²) in [6.45, 7) is 0. The van der Waals surface area contributed by atoms with Gasteiger partial charge in [-0.3, -0.25) is 4.79 Å². The van der Waals surface area contributed by atoms with Crippen LogP contribution in [0.15, 0.2) is 29.1 Å². The van der Waals surface area contributed by atoms with Gasteiger partial charge >= 0.3 is 0 Å². The summed E-state index contributed by atoms with van der Waals surface area (Å²) in [5.41, 5.74) is -0.128. The third-order valence-electron chi connectivity index (χ3n) is 4.51. The van der Waals surface area contributed by atoms with Crippen molar-refractivity contribution >= 4 is 16.6 Å². The van der Waals surface area contributed by atoms with Crippen LogP contribution < -0.4 is 16.2 Å². The van der Waals surface area contributed by atoms with Crippen molar-refractivity contribution in [1.82, 2.24) is 15.5 Å². The molecule has 0 aliphatic carbocycles. The predicted octanol–water partition coefficient (Wildman–Crippen LogP) is 1.62. The first-order valence-electron chi connectivity index (χ1n) is 7.29. The first-order chi connectivity index (χ1) is 9.79. The Bertz CT molecular complexity index is 684. The van der Waals surface area contributed by atoms with Gasteiger partial charge in [-0.15, -0.1) is 0 Å². The van der Waals surface area contributed by atoms with Gasteiger partial charge in [0.25, 0.3) is 5.56 Å². The quantitative estimate of drug-likeness (QED) is 0.775. The Labute approximate surface area is 116 Å². The van der Waals surface area contributed by atoms with Gasteiger partial charge in [0, 0.05) is 23.5 Å². The lowest BCUT2D eigenvalue weighted by molar-refractivity contribution is 0.377. The van der Waals surface area contributed by atoms with Crippen LogP contribution in [0.5, 0.6) is 0 Å². The molecule has 2 aliphatic heterocycles. The molecule has 2 aromatic rings. The van der Waals surface area contributed by atoms with Crippen LogP contribution >= 0.6 is 0 Å². The fraction of sp³-hybridized carbons (Fsp3) is 0.467. The van der Waals surface area contributed by atoms with E-state index >= 15 is 0 Å². The number of hydrogen-bond donors (Lipinski definition) is 3. The fourth-order valence-electron chi connectivity index (χ4n) is 3.59. The molecule has 20 heavy (non-hydrogen) atoms. The number of rotatable bonds is 2. The Hall–Kier alpha value is -1.88. The van der Waals surface area contributed by atoms with Crippen molar-refractivity contribution in [3.05, 3.63) is 34.6 Å². The van der Waals surface area contributed by atoms with Gasteiger partial charge in [0.15, 0.2) is 5.82 Å². The maximum atomic E-state index is 11.8. The lowest BCUT2D eigenvalue weighted by Gasteiger charge is -2.30. The van der Waals surface area contributed by atoms with Crippen molar-refractivity contribution in [3.8, 4) is 0 Å². The van der Waals surface area contributed by atoms with Crippen molar-refractivity contribution in [2.75, 3.05) is 5.32 Å². The summed E-state index contributed by atoms with van der Waals surface area (Å²) in [6, 6.07) is 9.34. The number of anilines is 1. The van der Waals surface area contributed by atoms with Crippen molar-refractivity contribution in [2.24, 2.45) is 0 Å². The maximum Gasteiger partial charge on any atom is 0.272 e. The first kappa shape index (κ1) is 11.9. The number of nitrogens with one attached hydrogen (secondary N) is 3. The molecule has 0 spiro atoms. The smallest absolute Gasteiger partial charge is 0.272 e. The average molecular weight is 270 g/mol. The molecule has 104 valence electrons. The molecule has 5 nitrogen and oxygen atoms in total. The molecule has 3 atom stereocenters. The van der Waals surface area contributed by atoms with Crippen LogP contribution in [-0.4, -0.2) is 28.3 Å². The third kappa shape index (κ3) is 1.98. The van der Waals surface area contributed by atoms with Crippen molar-refractivity contribution < 1.29 is 0 Å². The largest absolute Gasteiger partial charge is 0.365 e. The van der Waals surface area contributed by atoms with E-state index in [1.807, 2.05) is 24.3 Å². The second-order valence-corrected chi connectivity index (χ2v) is 5.90.